The van der Waals surface area contributed by atoms with Crippen molar-refractivity contribution in [2.45, 2.75) is 13.0 Å². The van der Waals surface area contributed by atoms with Gasteiger partial charge >= 0.3 is 5.97 Å². The van der Waals surface area contributed by atoms with Gasteiger partial charge in [0.25, 0.3) is 0 Å². The van der Waals surface area contributed by atoms with E-state index in [0.717, 1.165) is 11.3 Å². The van der Waals surface area contributed by atoms with E-state index in [2.05, 4.69) is 4.98 Å². The van der Waals surface area contributed by atoms with Crippen molar-refractivity contribution in [2.24, 2.45) is 5.92 Å². The number of aryl methyl sites for hydroxylation is 1. The molecule has 1 aromatic heterocycles. The van der Waals surface area contributed by atoms with Gasteiger partial charge in [-0.25, -0.2) is 0 Å². The third-order valence-electron chi connectivity index (χ3n) is 3.24. The van der Waals surface area contributed by atoms with E-state index in [-0.39, 0.29) is 12.6 Å². The van der Waals surface area contributed by atoms with Crippen molar-refractivity contribution >= 4 is 11.7 Å². The van der Waals surface area contributed by atoms with Crippen molar-refractivity contribution < 1.29 is 14.6 Å². The van der Waals surface area contributed by atoms with Crippen LogP contribution in [-0.2, 0) is 9.53 Å². The van der Waals surface area contributed by atoms with Crippen LogP contribution in [0.15, 0.2) is 18.5 Å². The molecule has 0 saturated carbocycles. The number of nitrogens with zero attached hydrogens (tertiary/aromatic N) is 2. The maximum Gasteiger partial charge on any atom is 0.311 e. The molecule has 1 aromatic rings. The molecule has 17 heavy (non-hydrogen) atoms. The number of carbonyl (C=O) groups is 1. The van der Waals surface area contributed by atoms with Crippen molar-refractivity contribution in [3.63, 3.8) is 0 Å². The van der Waals surface area contributed by atoms with E-state index < -0.39 is 11.9 Å². The molecule has 0 amide bonds. The van der Waals surface area contributed by atoms with E-state index >= 15 is 0 Å². The van der Waals surface area contributed by atoms with Crippen LogP contribution in [0.3, 0.4) is 0 Å². The highest BCUT2D eigenvalue weighted by atomic mass is 16.5. The predicted molar refractivity (Wildman–Crippen MR) is 63.1 cm³/mol. The first kappa shape index (κ1) is 11.9. The molecule has 0 spiro atoms. The SMILES string of the molecule is Cc1cnccc1N(C)C1COCC1C(=O)O. The Kier molecular flexibility index (Phi) is 3.28. The lowest BCUT2D eigenvalue weighted by Gasteiger charge is -2.29. The number of likely N-dealkylation sites (N-methyl/N-ethyl adjacent to an activating group) is 1. The topological polar surface area (TPSA) is 62.7 Å². The van der Waals surface area contributed by atoms with Gasteiger partial charge in [0.1, 0.15) is 5.92 Å². The maximum atomic E-state index is 11.1. The summed E-state index contributed by atoms with van der Waals surface area (Å²) in [5, 5.41) is 9.13. The summed E-state index contributed by atoms with van der Waals surface area (Å²) in [5.74, 6) is -1.27. The van der Waals surface area contributed by atoms with Crippen molar-refractivity contribution in [1.29, 1.82) is 0 Å². The summed E-state index contributed by atoms with van der Waals surface area (Å²) in [4.78, 5) is 17.1. The first-order valence-corrected chi connectivity index (χ1v) is 5.55. The van der Waals surface area contributed by atoms with Crippen molar-refractivity contribution in [1.82, 2.24) is 4.98 Å². The number of aliphatic carboxylic acids is 1. The Labute approximate surface area is 100 Å². The van der Waals surface area contributed by atoms with Crippen LogP contribution in [0.1, 0.15) is 5.56 Å². The Morgan fingerprint density at radius 1 is 1.59 bits per heavy atom. The minimum Gasteiger partial charge on any atom is -0.481 e. The van der Waals surface area contributed by atoms with Crippen LogP contribution in [-0.4, -0.2) is 42.4 Å². The Balaban J connectivity index is 2.23. The summed E-state index contributed by atoms with van der Waals surface area (Å²) in [6, 6.07) is 1.78. The second-order valence-corrected chi connectivity index (χ2v) is 4.32. The highest BCUT2D eigenvalue weighted by Crippen LogP contribution is 2.26. The van der Waals surface area contributed by atoms with Crippen molar-refractivity contribution in [2.75, 3.05) is 25.2 Å². The zero-order valence-electron chi connectivity index (χ0n) is 9.96. The average Bonchev–Trinajstić information content (AvgIpc) is 2.77. The number of pyridine rings is 1. The van der Waals surface area contributed by atoms with E-state index in [1.165, 1.54) is 0 Å². The number of anilines is 1. The molecule has 0 radical (unpaired) electrons. The molecule has 1 saturated heterocycles. The lowest BCUT2D eigenvalue weighted by molar-refractivity contribution is -0.141. The van der Waals surface area contributed by atoms with Gasteiger partial charge in [-0.05, 0) is 18.6 Å². The smallest absolute Gasteiger partial charge is 0.311 e. The molecule has 0 aromatic carbocycles. The molecular weight excluding hydrogens is 220 g/mol. The maximum absolute atomic E-state index is 11.1. The molecule has 2 unspecified atom stereocenters. The summed E-state index contributed by atoms with van der Waals surface area (Å²) < 4.78 is 5.28. The second kappa shape index (κ2) is 4.71. The van der Waals surface area contributed by atoms with E-state index in [4.69, 9.17) is 9.84 Å². The first-order chi connectivity index (χ1) is 8.11. The molecule has 0 aliphatic carbocycles. The summed E-state index contributed by atoms with van der Waals surface area (Å²) >= 11 is 0. The molecule has 1 fully saturated rings. The zero-order chi connectivity index (χ0) is 12.4. The van der Waals surface area contributed by atoms with Crippen LogP contribution in [0.5, 0.6) is 0 Å². The molecule has 5 heteroatoms. The van der Waals surface area contributed by atoms with Gasteiger partial charge in [-0.2, -0.15) is 0 Å². The van der Waals surface area contributed by atoms with Gasteiger partial charge in [-0.15, -0.1) is 0 Å². The Morgan fingerprint density at radius 3 is 3.00 bits per heavy atom. The Morgan fingerprint density at radius 2 is 2.35 bits per heavy atom. The largest absolute Gasteiger partial charge is 0.481 e. The van der Waals surface area contributed by atoms with E-state index in [9.17, 15) is 4.79 Å². The monoisotopic (exact) mass is 236 g/mol. The normalized spacial score (nSPS) is 23.6. The van der Waals surface area contributed by atoms with E-state index in [1.54, 1.807) is 12.4 Å². The molecule has 1 N–H and O–H groups in total. The highest BCUT2D eigenvalue weighted by molar-refractivity contribution is 5.72. The third-order valence-corrected chi connectivity index (χ3v) is 3.24. The number of carboxylic acid groups (broad SMARTS) is 1. The number of carboxylic acids is 1. The fourth-order valence-corrected chi connectivity index (χ4v) is 2.20. The molecule has 2 heterocycles. The quantitative estimate of drug-likeness (QED) is 0.845. The molecular formula is C12H16N2O3. The molecule has 92 valence electrons. The fourth-order valence-electron chi connectivity index (χ4n) is 2.20. The molecule has 5 nitrogen and oxygen atoms in total. The Hall–Kier alpha value is -1.62. The van der Waals surface area contributed by atoms with Crippen LogP contribution in [0.2, 0.25) is 0 Å². The second-order valence-electron chi connectivity index (χ2n) is 4.32. The number of aromatic nitrogens is 1. The summed E-state index contributed by atoms with van der Waals surface area (Å²) in [6.45, 7) is 2.70. The summed E-state index contributed by atoms with van der Waals surface area (Å²) in [6.07, 6.45) is 3.49. The number of hydrogen-bond donors (Lipinski definition) is 1. The standard InChI is InChI=1S/C12H16N2O3/c1-8-5-13-4-3-10(8)14(2)11-7-17-6-9(11)12(15)16/h3-5,9,11H,6-7H2,1-2H3,(H,15,16). The van der Waals surface area contributed by atoms with Gasteiger partial charge in [0.2, 0.25) is 0 Å². The van der Waals surface area contributed by atoms with Gasteiger partial charge in [-0.3, -0.25) is 9.78 Å². The summed E-state index contributed by atoms with van der Waals surface area (Å²) in [5.41, 5.74) is 2.03. The predicted octanol–water partition coefficient (Wildman–Crippen LogP) is 0.926. The highest BCUT2D eigenvalue weighted by Gasteiger charge is 2.37. The van der Waals surface area contributed by atoms with Gasteiger partial charge in [0.15, 0.2) is 0 Å². The van der Waals surface area contributed by atoms with Gasteiger partial charge in [0.05, 0.1) is 19.3 Å². The minimum absolute atomic E-state index is 0.117. The molecule has 2 rings (SSSR count). The van der Waals surface area contributed by atoms with E-state index in [0.29, 0.717) is 6.61 Å². The fraction of sp³-hybridized carbons (Fsp3) is 0.500. The number of ether oxygens (including phenoxy) is 1. The molecule has 1 aliphatic heterocycles. The summed E-state index contributed by atoms with van der Waals surface area (Å²) in [7, 11) is 1.90. The average molecular weight is 236 g/mol. The first-order valence-electron chi connectivity index (χ1n) is 5.55. The Bertz CT molecular complexity index is 422. The van der Waals surface area contributed by atoms with Crippen LogP contribution < -0.4 is 4.90 Å². The van der Waals surface area contributed by atoms with Crippen LogP contribution in [0, 0.1) is 12.8 Å². The molecule has 2 atom stereocenters. The van der Waals surface area contributed by atoms with Crippen LogP contribution >= 0.6 is 0 Å². The lowest BCUT2D eigenvalue weighted by Crippen LogP contribution is -2.41. The van der Waals surface area contributed by atoms with Crippen molar-refractivity contribution in [3.8, 4) is 0 Å². The van der Waals surface area contributed by atoms with E-state index in [1.807, 2.05) is 24.9 Å². The zero-order valence-corrected chi connectivity index (χ0v) is 9.96. The van der Waals surface area contributed by atoms with Gasteiger partial charge < -0.3 is 14.7 Å². The third kappa shape index (κ3) is 2.24. The lowest BCUT2D eigenvalue weighted by atomic mass is 10.0. The number of hydrogen-bond acceptors (Lipinski definition) is 4. The van der Waals surface area contributed by atoms with Crippen LogP contribution in [0.4, 0.5) is 5.69 Å². The van der Waals surface area contributed by atoms with Gasteiger partial charge in [0, 0.05) is 25.1 Å². The van der Waals surface area contributed by atoms with Crippen LogP contribution in [0.25, 0.3) is 0 Å². The molecule has 0 bridgehead atoms. The number of rotatable bonds is 3. The minimum atomic E-state index is -0.800. The van der Waals surface area contributed by atoms with Gasteiger partial charge in [-0.1, -0.05) is 0 Å². The molecule has 1 aliphatic rings. The van der Waals surface area contributed by atoms with Crippen molar-refractivity contribution in [3.05, 3.63) is 24.0 Å².